The van der Waals surface area contributed by atoms with Gasteiger partial charge in [-0.3, -0.25) is 19.1 Å². The van der Waals surface area contributed by atoms with Crippen molar-refractivity contribution in [1.82, 2.24) is 9.47 Å². The first-order valence-electron chi connectivity index (χ1n) is 12.2. The predicted molar refractivity (Wildman–Crippen MR) is 151 cm³/mol. The molecule has 0 aliphatic carbocycles. The van der Waals surface area contributed by atoms with Gasteiger partial charge in [-0.15, -0.1) is 0 Å². The van der Waals surface area contributed by atoms with Crippen LogP contribution in [0, 0.1) is 18.3 Å². The van der Waals surface area contributed by atoms with Crippen LogP contribution in [0.4, 0.5) is 5.82 Å². The number of benzene rings is 1. The van der Waals surface area contributed by atoms with Crippen LogP contribution in [0.15, 0.2) is 62.8 Å². The summed E-state index contributed by atoms with van der Waals surface area (Å²) in [6.45, 7) is 5.11. The molecule has 0 saturated carbocycles. The Morgan fingerprint density at radius 3 is 2.65 bits per heavy atom. The fraction of sp³-hybridized carbons (Fsp3) is 0.286. The number of aromatic nitrogens is 1. The largest absolute Gasteiger partial charge is 0.467 e. The molecule has 1 aromatic carbocycles. The number of carbonyl (C=O) groups excluding carboxylic acids is 1. The molecule has 7 nitrogen and oxygen atoms in total. The fourth-order valence-electron chi connectivity index (χ4n) is 4.18. The number of nitrogens with one attached hydrogen (secondary N) is 1. The summed E-state index contributed by atoms with van der Waals surface area (Å²) >= 11 is 6.70. The third-order valence-electron chi connectivity index (χ3n) is 6.20. The number of pyridine rings is 1. The molecule has 2 aromatic heterocycles. The van der Waals surface area contributed by atoms with E-state index in [1.807, 2.05) is 18.2 Å². The van der Waals surface area contributed by atoms with Crippen molar-refractivity contribution in [2.45, 2.75) is 46.2 Å². The number of thiocarbonyl (C=S) groups is 1. The highest BCUT2D eigenvalue weighted by Gasteiger charge is 2.33. The van der Waals surface area contributed by atoms with E-state index in [1.54, 1.807) is 36.0 Å². The molecule has 37 heavy (non-hydrogen) atoms. The number of nitriles is 1. The molecule has 0 atom stereocenters. The summed E-state index contributed by atoms with van der Waals surface area (Å²) in [7, 11) is 0. The van der Waals surface area contributed by atoms with E-state index in [-0.39, 0.29) is 23.6 Å². The summed E-state index contributed by atoms with van der Waals surface area (Å²) < 4.78 is 7.46. The summed E-state index contributed by atoms with van der Waals surface area (Å²) in [5, 5.41) is 13.3. The summed E-state index contributed by atoms with van der Waals surface area (Å²) in [6, 6.07) is 15.7. The van der Waals surface area contributed by atoms with Crippen molar-refractivity contribution < 1.29 is 9.21 Å². The number of hydrogen-bond acceptors (Lipinski definition) is 7. The van der Waals surface area contributed by atoms with Gasteiger partial charge in [0.15, 0.2) is 0 Å². The lowest BCUT2D eigenvalue weighted by molar-refractivity contribution is -0.122. The third kappa shape index (κ3) is 5.87. The molecule has 3 heterocycles. The van der Waals surface area contributed by atoms with Gasteiger partial charge in [-0.1, -0.05) is 67.7 Å². The molecule has 1 saturated heterocycles. The number of thioether (sulfide) groups is 1. The van der Waals surface area contributed by atoms with E-state index in [9.17, 15) is 14.9 Å². The number of hydrogen-bond donors (Lipinski definition) is 1. The zero-order valence-corrected chi connectivity index (χ0v) is 22.5. The molecular formula is C28H28N4O3S2. The molecule has 190 valence electrons. The predicted octanol–water partition coefficient (Wildman–Crippen LogP) is 5.48. The highest BCUT2D eigenvalue weighted by molar-refractivity contribution is 8.26. The van der Waals surface area contributed by atoms with Crippen molar-refractivity contribution in [3.05, 3.63) is 92.0 Å². The zero-order chi connectivity index (χ0) is 26.4. The average molecular weight is 533 g/mol. The maximum Gasteiger partial charge on any atom is 0.270 e. The molecule has 1 N–H and O–H groups in total. The Labute approximate surface area is 225 Å². The van der Waals surface area contributed by atoms with Crippen LogP contribution < -0.4 is 10.9 Å². The van der Waals surface area contributed by atoms with Gasteiger partial charge in [-0.25, -0.2) is 0 Å². The van der Waals surface area contributed by atoms with Crippen molar-refractivity contribution in [3.8, 4) is 6.07 Å². The van der Waals surface area contributed by atoms with Crippen LogP contribution in [0.3, 0.4) is 0 Å². The van der Waals surface area contributed by atoms with E-state index in [1.165, 1.54) is 22.2 Å². The molecule has 0 bridgehead atoms. The molecule has 1 aliphatic heterocycles. The van der Waals surface area contributed by atoms with Gasteiger partial charge in [0.1, 0.15) is 27.5 Å². The van der Waals surface area contributed by atoms with Gasteiger partial charge in [0.05, 0.1) is 17.7 Å². The van der Waals surface area contributed by atoms with Gasteiger partial charge in [-0.2, -0.15) is 5.26 Å². The summed E-state index contributed by atoms with van der Waals surface area (Å²) in [4.78, 5) is 28.5. The van der Waals surface area contributed by atoms with E-state index in [0.29, 0.717) is 45.0 Å². The maximum absolute atomic E-state index is 13.3. The van der Waals surface area contributed by atoms with Crippen molar-refractivity contribution >= 4 is 46.1 Å². The fourth-order valence-corrected chi connectivity index (χ4v) is 5.42. The number of nitrogens with zero attached hydrogens (tertiary/aromatic N) is 3. The second-order valence-electron chi connectivity index (χ2n) is 8.69. The van der Waals surface area contributed by atoms with Crippen LogP contribution >= 0.6 is 24.0 Å². The Hall–Kier alpha value is -3.61. The van der Waals surface area contributed by atoms with Crippen molar-refractivity contribution in [3.63, 3.8) is 0 Å². The number of anilines is 1. The monoisotopic (exact) mass is 532 g/mol. The van der Waals surface area contributed by atoms with Crippen molar-refractivity contribution in [2.24, 2.45) is 0 Å². The molecule has 1 amide bonds. The van der Waals surface area contributed by atoms with Gasteiger partial charge >= 0.3 is 0 Å². The zero-order valence-electron chi connectivity index (χ0n) is 20.8. The van der Waals surface area contributed by atoms with Crippen LogP contribution in [-0.4, -0.2) is 26.2 Å². The standard InChI is InChI=1S/C28H28N4O3S2/c1-3-4-14-31-25(30-13-12-20-9-6-5-7-10-20)22(19(2)23(17-29)26(31)33)16-24-27(34)32(28(36)37-24)18-21-11-8-15-35-21/h5-11,15-16,30H,3-4,12-14,18H2,1-2H3/b24-16+. The molecule has 0 spiro atoms. The Balaban J connectivity index is 1.74. The maximum atomic E-state index is 13.3. The Morgan fingerprint density at radius 2 is 1.97 bits per heavy atom. The van der Waals surface area contributed by atoms with Crippen molar-refractivity contribution in [1.29, 1.82) is 5.26 Å². The van der Waals surface area contributed by atoms with Gasteiger partial charge in [0.2, 0.25) is 0 Å². The van der Waals surface area contributed by atoms with Gasteiger partial charge in [0.25, 0.3) is 11.5 Å². The molecule has 1 fully saturated rings. The van der Waals surface area contributed by atoms with E-state index in [0.717, 1.165) is 19.3 Å². The second kappa shape index (κ2) is 12.1. The number of unbranched alkanes of at least 4 members (excludes halogenated alkanes) is 1. The van der Waals surface area contributed by atoms with E-state index in [4.69, 9.17) is 16.6 Å². The SMILES string of the molecule is CCCCn1c(NCCc2ccccc2)c(/C=C2/SC(=S)N(Cc3ccco3)C2=O)c(C)c(C#N)c1=O. The smallest absolute Gasteiger partial charge is 0.270 e. The van der Waals surface area contributed by atoms with E-state index >= 15 is 0 Å². The highest BCUT2D eigenvalue weighted by Crippen LogP contribution is 2.36. The normalized spacial score (nSPS) is 14.4. The summed E-state index contributed by atoms with van der Waals surface area (Å²) in [5.74, 6) is 1.02. The number of carbonyl (C=O) groups is 1. The minimum absolute atomic E-state index is 0.0852. The summed E-state index contributed by atoms with van der Waals surface area (Å²) in [5.41, 5.74) is 2.13. The lowest BCUT2D eigenvalue weighted by atomic mass is 10.0. The molecule has 0 radical (unpaired) electrons. The Bertz CT molecular complexity index is 1420. The molecule has 1 aliphatic rings. The van der Waals surface area contributed by atoms with Crippen LogP contribution in [0.5, 0.6) is 0 Å². The summed E-state index contributed by atoms with van der Waals surface area (Å²) in [6.07, 6.45) is 5.75. The number of amides is 1. The van der Waals surface area contributed by atoms with Crippen LogP contribution in [-0.2, 0) is 24.3 Å². The third-order valence-corrected chi connectivity index (χ3v) is 7.58. The second-order valence-corrected chi connectivity index (χ2v) is 10.4. The first-order valence-corrected chi connectivity index (χ1v) is 13.4. The molecular weight excluding hydrogens is 504 g/mol. The Morgan fingerprint density at radius 1 is 1.19 bits per heavy atom. The molecule has 4 rings (SSSR count). The van der Waals surface area contributed by atoms with Gasteiger partial charge < -0.3 is 9.73 Å². The molecule has 0 unspecified atom stereocenters. The highest BCUT2D eigenvalue weighted by atomic mass is 32.2. The van der Waals surface area contributed by atoms with Crippen LogP contribution in [0.1, 0.15) is 47.8 Å². The van der Waals surface area contributed by atoms with E-state index in [2.05, 4.69) is 30.4 Å². The van der Waals surface area contributed by atoms with E-state index < -0.39 is 0 Å². The lowest BCUT2D eigenvalue weighted by Crippen LogP contribution is -2.29. The first-order chi connectivity index (χ1) is 17.9. The van der Waals surface area contributed by atoms with Crippen LogP contribution in [0.2, 0.25) is 0 Å². The van der Waals surface area contributed by atoms with Crippen LogP contribution in [0.25, 0.3) is 6.08 Å². The lowest BCUT2D eigenvalue weighted by Gasteiger charge is -2.20. The number of furan rings is 1. The first kappa shape index (κ1) is 26.5. The Kier molecular flexibility index (Phi) is 8.64. The number of rotatable bonds is 10. The minimum Gasteiger partial charge on any atom is -0.467 e. The minimum atomic E-state index is -0.321. The quantitative estimate of drug-likeness (QED) is 0.273. The molecule has 9 heteroatoms. The average Bonchev–Trinajstić information content (AvgIpc) is 3.51. The van der Waals surface area contributed by atoms with Gasteiger partial charge in [0, 0.05) is 18.7 Å². The topological polar surface area (TPSA) is 91.3 Å². The van der Waals surface area contributed by atoms with Gasteiger partial charge in [-0.05, 0) is 49.1 Å². The van der Waals surface area contributed by atoms with Crippen molar-refractivity contribution in [2.75, 3.05) is 11.9 Å². The molecule has 3 aromatic rings.